The molecule has 4 rings (SSSR count). The first kappa shape index (κ1) is 20.4. The first-order valence-corrected chi connectivity index (χ1v) is 11.6. The Kier molecular flexibility index (Phi) is 5.54. The van der Waals surface area contributed by atoms with E-state index in [1.165, 1.54) is 25.4 Å². The number of hydrogen-bond acceptors (Lipinski definition) is 2. The molecular formula is C27H27O2S+. The van der Waals surface area contributed by atoms with E-state index in [0.717, 1.165) is 19.3 Å². The largest absolute Gasteiger partial charge is 0.442 e. The van der Waals surface area contributed by atoms with Crippen molar-refractivity contribution in [2.24, 2.45) is 5.92 Å². The Morgan fingerprint density at radius 3 is 2.60 bits per heavy atom. The average molecular weight is 416 g/mol. The third-order valence-electron chi connectivity index (χ3n) is 6.02. The number of carbonyl (C=O) groups is 1. The van der Waals surface area contributed by atoms with E-state index < -0.39 is 5.60 Å². The Bertz CT molecular complexity index is 1160. The molecule has 3 atom stereocenters. The van der Waals surface area contributed by atoms with Crippen LogP contribution in [-0.4, -0.2) is 11.6 Å². The topological polar surface area (TPSA) is 26.3 Å². The number of hydrogen-bond donors (Lipinski definition) is 0. The van der Waals surface area contributed by atoms with Gasteiger partial charge in [-0.3, -0.25) is 0 Å². The summed E-state index contributed by atoms with van der Waals surface area (Å²) in [5, 5.41) is 1.28. The number of thiophene rings is 1. The minimum atomic E-state index is -0.928. The third-order valence-corrected chi connectivity index (χ3v) is 8.33. The van der Waals surface area contributed by atoms with Crippen LogP contribution in [0.5, 0.6) is 0 Å². The Morgan fingerprint density at radius 2 is 1.90 bits per heavy atom. The molecule has 0 radical (unpaired) electrons. The predicted molar refractivity (Wildman–Crippen MR) is 126 cm³/mol. The first-order valence-electron chi connectivity index (χ1n) is 10.4. The van der Waals surface area contributed by atoms with E-state index in [1.54, 1.807) is 0 Å². The number of ether oxygens (including phenoxy) is 1. The molecule has 0 N–H and O–H groups in total. The number of allylic oxidation sites excluding steroid dienone is 1. The fraction of sp³-hybridized carbons (Fsp3) is 0.296. The van der Waals surface area contributed by atoms with Crippen molar-refractivity contribution in [2.45, 2.75) is 45.6 Å². The number of benzene rings is 2. The van der Waals surface area contributed by atoms with Gasteiger partial charge in [0.25, 0.3) is 0 Å². The number of fused-ring (bicyclic) bond motifs is 1. The molecule has 0 aliphatic heterocycles. The lowest BCUT2D eigenvalue weighted by molar-refractivity contribution is -0.00316. The third kappa shape index (κ3) is 3.80. The van der Waals surface area contributed by atoms with Crippen LogP contribution >= 0.6 is 10.5 Å². The van der Waals surface area contributed by atoms with Gasteiger partial charge >= 0.3 is 5.97 Å². The van der Waals surface area contributed by atoms with Crippen LogP contribution in [-0.2, 0) is 4.74 Å². The van der Waals surface area contributed by atoms with Crippen LogP contribution in [0.3, 0.4) is 0 Å². The van der Waals surface area contributed by atoms with E-state index in [1.807, 2.05) is 31.2 Å². The van der Waals surface area contributed by atoms with Crippen molar-refractivity contribution in [1.29, 1.82) is 0 Å². The first-order chi connectivity index (χ1) is 14.4. The van der Waals surface area contributed by atoms with Crippen molar-refractivity contribution in [1.82, 2.24) is 0 Å². The van der Waals surface area contributed by atoms with E-state index in [0.29, 0.717) is 5.56 Å². The zero-order chi connectivity index (χ0) is 21.3. The molecule has 0 saturated carbocycles. The fourth-order valence-electron chi connectivity index (χ4n) is 4.29. The molecular weight excluding hydrogens is 388 g/mol. The Morgan fingerprint density at radius 1 is 1.17 bits per heavy atom. The van der Waals surface area contributed by atoms with E-state index in [-0.39, 0.29) is 22.4 Å². The summed E-state index contributed by atoms with van der Waals surface area (Å²) in [4.78, 5) is 15.4. The van der Waals surface area contributed by atoms with Crippen molar-refractivity contribution >= 4 is 26.5 Å². The minimum absolute atomic E-state index is 0.0590. The van der Waals surface area contributed by atoms with Crippen LogP contribution in [0, 0.1) is 25.2 Å². The van der Waals surface area contributed by atoms with Crippen LogP contribution < -0.4 is 0 Å². The second-order valence-electron chi connectivity index (χ2n) is 8.28. The summed E-state index contributed by atoms with van der Waals surface area (Å²) in [7, 11) is -0.0915. The van der Waals surface area contributed by atoms with Gasteiger partial charge in [-0.2, -0.15) is 0 Å². The molecule has 1 heterocycles. The van der Waals surface area contributed by atoms with E-state index >= 15 is 0 Å². The fourth-order valence-corrected chi connectivity index (χ4v) is 6.49. The van der Waals surface area contributed by atoms with Crippen molar-refractivity contribution < 1.29 is 9.53 Å². The molecule has 1 aromatic heterocycles. The number of rotatable bonds is 4. The maximum absolute atomic E-state index is 12.9. The highest BCUT2D eigenvalue weighted by molar-refractivity contribution is 7.45. The van der Waals surface area contributed by atoms with Gasteiger partial charge in [0.1, 0.15) is 0 Å². The maximum atomic E-state index is 12.9. The molecule has 0 fully saturated rings. The molecule has 1 aliphatic carbocycles. The van der Waals surface area contributed by atoms with E-state index in [4.69, 9.17) is 11.2 Å². The zero-order valence-electron chi connectivity index (χ0n) is 17.8. The van der Waals surface area contributed by atoms with Crippen molar-refractivity contribution in [3.63, 3.8) is 0 Å². The minimum Gasteiger partial charge on any atom is -0.442 e. The van der Waals surface area contributed by atoms with Gasteiger partial charge < -0.3 is 4.74 Å². The molecule has 2 nitrogen and oxygen atoms in total. The second-order valence-corrected chi connectivity index (χ2v) is 10.4. The number of terminal acetylenes is 1. The summed E-state index contributed by atoms with van der Waals surface area (Å²) in [5.41, 5.74) is 0.923. The van der Waals surface area contributed by atoms with Crippen molar-refractivity contribution in [3.8, 4) is 17.2 Å². The quantitative estimate of drug-likeness (QED) is 0.195. The molecule has 1 aliphatic rings. The maximum Gasteiger partial charge on any atom is 0.339 e. The van der Waals surface area contributed by atoms with Gasteiger partial charge in [-0.1, -0.05) is 29.7 Å². The Hall–Kier alpha value is -2.83. The van der Waals surface area contributed by atoms with Gasteiger partial charge in [0.2, 0.25) is 0 Å². The molecule has 0 amide bonds. The normalized spacial score (nSPS) is 18.9. The summed E-state index contributed by atoms with van der Waals surface area (Å²) in [6, 6.07) is 18.5. The highest BCUT2D eigenvalue weighted by atomic mass is 32.2. The van der Waals surface area contributed by atoms with Crippen molar-refractivity contribution in [2.75, 3.05) is 0 Å². The van der Waals surface area contributed by atoms with Gasteiger partial charge in [0.15, 0.2) is 20.1 Å². The molecule has 2 aromatic carbocycles. The predicted octanol–water partition coefficient (Wildman–Crippen LogP) is 7.18. The van der Waals surface area contributed by atoms with E-state index in [2.05, 4.69) is 56.2 Å². The van der Waals surface area contributed by atoms with Gasteiger partial charge in [0.05, 0.1) is 5.56 Å². The number of aryl methyl sites for hydroxylation is 1. The molecule has 152 valence electrons. The number of carbonyl (C=O) groups excluding carboxylic acids is 1. The summed E-state index contributed by atoms with van der Waals surface area (Å²) < 4.78 is 7.21. The van der Waals surface area contributed by atoms with Gasteiger partial charge in [-0.05, 0) is 69.5 Å². The van der Waals surface area contributed by atoms with E-state index in [9.17, 15) is 4.79 Å². The lowest BCUT2D eigenvalue weighted by Gasteiger charge is -2.33. The Balaban J connectivity index is 1.58. The Labute approximate surface area is 181 Å². The molecule has 0 saturated heterocycles. The van der Waals surface area contributed by atoms with Gasteiger partial charge in [0, 0.05) is 34.8 Å². The van der Waals surface area contributed by atoms with Gasteiger partial charge in [-0.15, -0.1) is 6.42 Å². The molecule has 3 aromatic rings. The molecule has 30 heavy (non-hydrogen) atoms. The summed E-state index contributed by atoms with van der Waals surface area (Å²) in [6.45, 7) is 6.13. The zero-order valence-corrected chi connectivity index (χ0v) is 18.6. The van der Waals surface area contributed by atoms with Crippen molar-refractivity contribution in [3.05, 3.63) is 76.7 Å². The monoisotopic (exact) mass is 415 g/mol. The number of esters is 1. The molecule has 3 heteroatoms. The molecule has 0 bridgehead atoms. The molecule has 3 unspecified atom stereocenters. The summed E-state index contributed by atoms with van der Waals surface area (Å²) >= 11 is 0. The summed E-state index contributed by atoms with van der Waals surface area (Å²) in [6.07, 6.45) is 11.1. The lowest BCUT2D eigenvalue weighted by Crippen LogP contribution is -2.38. The SMILES string of the molecule is C#CC(C)(OC(=O)c1ccc(-[s+]2c(C)cc3ccccc32)cc1)C1C=C(C)CCC1. The second kappa shape index (κ2) is 8.13. The van der Waals surface area contributed by atoms with Crippen LogP contribution in [0.4, 0.5) is 0 Å². The summed E-state index contributed by atoms with van der Waals surface area (Å²) in [5.74, 6) is 2.45. The average Bonchev–Trinajstić information content (AvgIpc) is 3.09. The van der Waals surface area contributed by atoms with Crippen LogP contribution in [0.2, 0.25) is 0 Å². The lowest BCUT2D eigenvalue weighted by atomic mass is 9.80. The standard InChI is InChI=1S/C27H27O2S/c1-5-27(4,23-11-8-9-19(2)17-23)29-26(28)21-13-15-24(16-14-21)30-20(3)18-22-10-6-7-12-25(22)30/h1,6-7,10,12-18,23H,8-9,11H2,2-4H3/q+1. The van der Waals surface area contributed by atoms with Crippen LogP contribution in [0.1, 0.15) is 48.3 Å². The molecule has 0 spiro atoms. The highest BCUT2D eigenvalue weighted by Gasteiger charge is 2.36. The smallest absolute Gasteiger partial charge is 0.339 e. The van der Waals surface area contributed by atoms with Gasteiger partial charge in [-0.25, -0.2) is 4.79 Å². The van der Waals surface area contributed by atoms with Crippen LogP contribution in [0.15, 0.2) is 66.2 Å². The highest BCUT2D eigenvalue weighted by Crippen LogP contribution is 2.43. The van der Waals surface area contributed by atoms with Crippen LogP contribution in [0.25, 0.3) is 15.0 Å².